The van der Waals surface area contributed by atoms with E-state index in [9.17, 15) is 70.6 Å². The zero-order valence-corrected chi connectivity index (χ0v) is 15.8. The summed E-state index contributed by atoms with van der Waals surface area (Å²) >= 11 is 0. The molecular weight excluding hydrogens is 495 g/mol. The van der Waals surface area contributed by atoms with Gasteiger partial charge in [0.1, 0.15) is 0 Å². The smallest absolute Gasteiger partial charge is 0.392 e. The van der Waals surface area contributed by atoms with Gasteiger partial charge in [0, 0.05) is 6.42 Å². The van der Waals surface area contributed by atoms with Gasteiger partial charge in [0.05, 0.1) is 17.1 Å². The summed E-state index contributed by atoms with van der Waals surface area (Å²) in [6.45, 7) is 0. The first kappa shape index (κ1) is 28.0. The van der Waals surface area contributed by atoms with Gasteiger partial charge >= 0.3 is 35.8 Å². The fourth-order valence-electron chi connectivity index (χ4n) is 2.88. The van der Waals surface area contributed by atoms with Crippen molar-refractivity contribution < 1.29 is 70.6 Å². The van der Waals surface area contributed by atoms with Crippen molar-refractivity contribution in [1.82, 2.24) is 0 Å². The number of sulfone groups is 1. The maximum Gasteiger partial charge on any atom is 0.460 e. The summed E-state index contributed by atoms with van der Waals surface area (Å²) < 4.78 is 193. The monoisotopic (exact) mass is 510 g/mol. The molecule has 1 N–H and O–H groups in total. The second kappa shape index (κ2) is 8.09. The average molecular weight is 510 g/mol. The predicted octanol–water partition coefficient (Wildman–Crippen LogP) is 4.83. The second-order valence-electron chi connectivity index (χ2n) is 7.01. The Labute approximate surface area is 166 Å². The Morgan fingerprint density at radius 3 is 1.52 bits per heavy atom. The molecule has 0 radical (unpaired) electrons. The van der Waals surface area contributed by atoms with Gasteiger partial charge in [0.15, 0.2) is 9.84 Å². The van der Waals surface area contributed by atoms with E-state index < -0.39 is 69.2 Å². The number of hydrogen-bond donors (Lipinski definition) is 1. The van der Waals surface area contributed by atoms with Gasteiger partial charge in [-0.15, -0.1) is 0 Å². The maximum atomic E-state index is 13.7. The number of alkyl halides is 13. The second-order valence-corrected chi connectivity index (χ2v) is 9.35. The molecule has 1 saturated carbocycles. The molecule has 1 aliphatic carbocycles. The van der Waals surface area contributed by atoms with Gasteiger partial charge in [-0.2, -0.15) is 57.1 Å². The lowest BCUT2D eigenvalue weighted by atomic mass is 9.93. The molecule has 3 nitrogen and oxygen atoms in total. The third-order valence-electron chi connectivity index (χ3n) is 4.83. The van der Waals surface area contributed by atoms with Crippen LogP contribution in [0.1, 0.15) is 32.1 Å². The van der Waals surface area contributed by atoms with Gasteiger partial charge in [0.25, 0.3) is 0 Å². The van der Waals surface area contributed by atoms with E-state index in [0.29, 0.717) is 6.42 Å². The average Bonchev–Trinajstić information content (AvgIpc) is 2.58. The fraction of sp³-hybridized carbons (Fsp3) is 1.00. The Bertz CT molecular complexity index is 745. The Balaban J connectivity index is 3.22. The van der Waals surface area contributed by atoms with Crippen LogP contribution >= 0.6 is 0 Å². The molecule has 2 atom stereocenters. The first-order valence-electron chi connectivity index (χ1n) is 8.33. The molecule has 186 valence electrons. The van der Waals surface area contributed by atoms with Crippen LogP contribution in [0.4, 0.5) is 57.1 Å². The summed E-state index contributed by atoms with van der Waals surface area (Å²) in [6, 6.07) is 0. The summed E-state index contributed by atoms with van der Waals surface area (Å²) in [7, 11) is -4.88. The van der Waals surface area contributed by atoms with Crippen molar-refractivity contribution in [2.45, 2.75) is 79.2 Å². The van der Waals surface area contributed by atoms with E-state index in [4.69, 9.17) is 0 Å². The Morgan fingerprint density at radius 1 is 0.677 bits per heavy atom. The maximum absolute atomic E-state index is 13.7. The van der Waals surface area contributed by atoms with Gasteiger partial charge in [-0.25, -0.2) is 8.42 Å². The molecule has 0 bridgehead atoms. The zero-order valence-electron chi connectivity index (χ0n) is 15.0. The minimum absolute atomic E-state index is 0.132. The third-order valence-corrected chi connectivity index (χ3v) is 7.07. The number of rotatable bonds is 8. The van der Waals surface area contributed by atoms with E-state index in [1.54, 1.807) is 0 Å². The van der Waals surface area contributed by atoms with E-state index in [1.807, 2.05) is 0 Å². The zero-order chi connectivity index (χ0) is 24.9. The molecule has 31 heavy (non-hydrogen) atoms. The first-order chi connectivity index (χ1) is 13.5. The van der Waals surface area contributed by atoms with Gasteiger partial charge in [0.2, 0.25) is 0 Å². The van der Waals surface area contributed by atoms with E-state index in [2.05, 4.69) is 0 Å². The minimum Gasteiger partial charge on any atom is -0.392 e. The highest BCUT2D eigenvalue weighted by molar-refractivity contribution is 7.92. The van der Waals surface area contributed by atoms with Gasteiger partial charge < -0.3 is 5.11 Å². The van der Waals surface area contributed by atoms with Crippen LogP contribution in [0.25, 0.3) is 0 Å². The van der Waals surface area contributed by atoms with Crippen LogP contribution in [0.3, 0.4) is 0 Å². The lowest BCUT2D eigenvalue weighted by molar-refractivity contribution is -0.439. The Morgan fingerprint density at radius 2 is 1.10 bits per heavy atom. The first-order valence-corrected chi connectivity index (χ1v) is 10.0. The standard InChI is InChI=1S/C14H15F13O3S/c15-9(16,5-6-31(29,30)8-4-2-1-3-7(8)28)10(17,18)11(19,20)12(21,22)13(23,24)14(25,26)27/h7-8,28H,1-6H2/t7-,8-/m1/s1. The van der Waals surface area contributed by atoms with Crippen LogP contribution in [0.15, 0.2) is 0 Å². The number of aliphatic hydroxyl groups excluding tert-OH is 1. The normalized spacial score (nSPS) is 23.2. The van der Waals surface area contributed by atoms with Crippen LogP contribution in [-0.2, 0) is 9.84 Å². The van der Waals surface area contributed by atoms with Crippen molar-refractivity contribution >= 4 is 9.84 Å². The lowest BCUT2D eigenvalue weighted by Crippen LogP contribution is -2.70. The molecule has 1 fully saturated rings. The Kier molecular flexibility index (Phi) is 7.32. The molecule has 0 amide bonds. The largest absolute Gasteiger partial charge is 0.460 e. The highest BCUT2D eigenvalue weighted by Gasteiger charge is 2.90. The van der Waals surface area contributed by atoms with Crippen molar-refractivity contribution in [3.63, 3.8) is 0 Å². The number of hydrogen-bond acceptors (Lipinski definition) is 3. The summed E-state index contributed by atoms with van der Waals surface area (Å²) in [6.07, 6.45) is -11.9. The molecule has 1 rings (SSSR count). The molecule has 0 heterocycles. The summed E-state index contributed by atoms with van der Waals surface area (Å²) in [5.41, 5.74) is 0. The lowest BCUT2D eigenvalue weighted by Gasteiger charge is -2.39. The van der Waals surface area contributed by atoms with Crippen LogP contribution in [0.5, 0.6) is 0 Å². The van der Waals surface area contributed by atoms with Crippen molar-refractivity contribution in [2.24, 2.45) is 0 Å². The topological polar surface area (TPSA) is 54.4 Å². The van der Waals surface area contributed by atoms with Crippen molar-refractivity contribution in [2.75, 3.05) is 5.75 Å². The molecule has 0 spiro atoms. The molecule has 17 heteroatoms. The van der Waals surface area contributed by atoms with Crippen molar-refractivity contribution in [3.8, 4) is 0 Å². The highest BCUT2D eigenvalue weighted by atomic mass is 32.2. The van der Waals surface area contributed by atoms with Crippen LogP contribution in [-0.4, -0.2) is 66.4 Å². The van der Waals surface area contributed by atoms with E-state index >= 15 is 0 Å². The van der Waals surface area contributed by atoms with Gasteiger partial charge in [-0.05, 0) is 12.8 Å². The SMILES string of the molecule is O=S(=O)(CCC(F)(F)C(F)(F)C(F)(F)C(F)(F)C(F)(F)C(F)(F)F)[C@@H]1CCCC[C@H]1O. The molecule has 0 unspecified atom stereocenters. The van der Waals surface area contributed by atoms with E-state index in [-0.39, 0.29) is 19.3 Å². The summed E-state index contributed by atoms with van der Waals surface area (Å²) in [4.78, 5) is 0. The Hall–Kier alpha value is -1.00. The number of aliphatic hydroxyl groups is 1. The molecule has 0 saturated heterocycles. The molecule has 1 aliphatic rings. The van der Waals surface area contributed by atoms with Crippen molar-refractivity contribution in [3.05, 3.63) is 0 Å². The van der Waals surface area contributed by atoms with E-state index in [0.717, 1.165) is 0 Å². The van der Waals surface area contributed by atoms with Gasteiger partial charge in [-0.1, -0.05) is 12.8 Å². The van der Waals surface area contributed by atoms with Crippen LogP contribution in [0.2, 0.25) is 0 Å². The van der Waals surface area contributed by atoms with Crippen LogP contribution < -0.4 is 0 Å². The molecular formula is C14H15F13O3S. The number of halogens is 13. The fourth-order valence-corrected chi connectivity index (χ4v) is 4.86. The third kappa shape index (κ3) is 4.57. The highest BCUT2D eigenvalue weighted by Crippen LogP contribution is 2.60. The van der Waals surface area contributed by atoms with Gasteiger partial charge in [-0.3, -0.25) is 0 Å². The molecule has 0 aliphatic heterocycles. The molecule has 0 aromatic rings. The van der Waals surface area contributed by atoms with E-state index in [1.165, 1.54) is 0 Å². The molecule has 0 aromatic carbocycles. The summed E-state index contributed by atoms with van der Waals surface area (Å²) in [5.74, 6) is -39.8. The van der Waals surface area contributed by atoms with Crippen molar-refractivity contribution in [1.29, 1.82) is 0 Å². The minimum atomic E-state index is -8.02. The summed E-state index contributed by atoms with van der Waals surface area (Å²) in [5, 5.41) is 7.81. The predicted molar refractivity (Wildman–Crippen MR) is 77.5 cm³/mol. The quantitative estimate of drug-likeness (QED) is 0.476. The van der Waals surface area contributed by atoms with Crippen LogP contribution in [0, 0.1) is 0 Å². The molecule has 0 aromatic heterocycles.